The number of methoxy groups -OCH3 is 1. The first-order valence-electron chi connectivity index (χ1n) is 6.78. The zero-order chi connectivity index (χ0) is 15.1. The van der Waals surface area contributed by atoms with Crippen molar-refractivity contribution >= 4 is 11.9 Å². The Labute approximate surface area is 119 Å². The smallest absolute Gasteiger partial charge is 0.317 e. The van der Waals surface area contributed by atoms with E-state index in [1.165, 1.54) is 0 Å². The number of ether oxygens (including phenoxy) is 2. The number of amides is 1. The van der Waals surface area contributed by atoms with Crippen molar-refractivity contribution < 1.29 is 24.2 Å². The third-order valence-corrected chi connectivity index (χ3v) is 3.10. The predicted octanol–water partition coefficient (Wildman–Crippen LogP) is -0.345. The van der Waals surface area contributed by atoms with Crippen LogP contribution in [0.1, 0.15) is 13.8 Å². The molecule has 2 atom stereocenters. The van der Waals surface area contributed by atoms with Crippen LogP contribution in [0.5, 0.6) is 0 Å². The van der Waals surface area contributed by atoms with Crippen molar-refractivity contribution in [1.29, 1.82) is 0 Å². The Balaban J connectivity index is 2.53. The van der Waals surface area contributed by atoms with Gasteiger partial charge in [0.25, 0.3) is 0 Å². The van der Waals surface area contributed by atoms with Crippen molar-refractivity contribution in [3.05, 3.63) is 0 Å². The summed E-state index contributed by atoms with van der Waals surface area (Å²) in [6.07, 6.45) is 0.0178. The van der Waals surface area contributed by atoms with Crippen molar-refractivity contribution in [2.45, 2.75) is 26.1 Å². The number of hydrogen-bond donors (Lipinski definition) is 1. The van der Waals surface area contributed by atoms with Gasteiger partial charge in [0, 0.05) is 26.7 Å². The second-order valence-electron chi connectivity index (χ2n) is 5.15. The summed E-state index contributed by atoms with van der Waals surface area (Å²) in [5.74, 6) is -1.01. The van der Waals surface area contributed by atoms with Crippen molar-refractivity contribution in [1.82, 2.24) is 9.80 Å². The van der Waals surface area contributed by atoms with Gasteiger partial charge in [-0.3, -0.25) is 14.5 Å². The highest BCUT2D eigenvalue weighted by Gasteiger charge is 2.27. The molecule has 1 rings (SSSR count). The maximum absolute atomic E-state index is 12.2. The zero-order valence-electron chi connectivity index (χ0n) is 12.4. The van der Waals surface area contributed by atoms with E-state index in [9.17, 15) is 9.59 Å². The summed E-state index contributed by atoms with van der Waals surface area (Å²) in [5, 5.41) is 8.86. The van der Waals surface area contributed by atoms with Gasteiger partial charge >= 0.3 is 5.97 Å². The Morgan fingerprint density at radius 1 is 1.30 bits per heavy atom. The molecule has 1 saturated heterocycles. The molecule has 20 heavy (non-hydrogen) atoms. The van der Waals surface area contributed by atoms with Crippen molar-refractivity contribution in [3.8, 4) is 0 Å². The molecular formula is C13H24N2O5. The van der Waals surface area contributed by atoms with Gasteiger partial charge in [0.2, 0.25) is 5.91 Å². The van der Waals surface area contributed by atoms with E-state index in [0.717, 1.165) is 0 Å². The highest BCUT2D eigenvalue weighted by Crippen LogP contribution is 2.11. The molecule has 0 spiro atoms. The van der Waals surface area contributed by atoms with E-state index in [-0.39, 0.29) is 31.2 Å². The van der Waals surface area contributed by atoms with Gasteiger partial charge in [0.1, 0.15) is 0 Å². The number of morpholine rings is 1. The van der Waals surface area contributed by atoms with Gasteiger partial charge in [0.15, 0.2) is 0 Å². The van der Waals surface area contributed by atoms with Gasteiger partial charge in [-0.05, 0) is 13.8 Å². The molecule has 7 heteroatoms. The van der Waals surface area contributed by atoms with E-state index in [1.54, 1.807) is 16.9 Å². The van der Waals surface area contributed by atoms with Crippen LogP contribution in [0.2, 0.25) is 0 Å². The number of aliphatic carboxylic acids is 1. The van der Waals surface area contributed by atoms with Gasteiger partial charge in [-0.1, -0.05) is 0 Å². The van der Waals surface area contributed by atoms with Crippen molar-refractivity contribution in [3.63, 3.8) is 0 Å². The lowest BCUT2D eigenvalue weighted by Gasteiger charge is -2.36. The lowest BCUT2D eigenvalue weighted by atomic mass is 10.2. The van der Waals surface area contributed by atoms with E-state index in [4.69, 9.17) is 14.6 Å². The van der Waals surface area contributed by atoms with Crippen LogP contribution in [-0.4, -0.2) is 85.4 Å². The van der Waals surface area contributed by atoms with E-state index >= 15 is 0 Å². The number of carbonyl (C=O) groups is 2. The summed E-state index contributed by atoms with van der Waals surface area (Å²) in [5.41, 5.74) is 0. The van der Waals surface area contributed by atoms with Gasteiger partial charge in [-0.15, -0.1) is 0 Å². The minimum atomic E-state index is -0.947. The zero-order valence-corrected chi connectivity index (χ0v) is 12.4. The summed E-state index contributed by atoms with van der Waals surface area (Å²) < 4.78 is 10.5. The Morgan fingerprint density at radius 2 is 1.90 bits per heavy atom. The highest BCUT2D eigenvalue weighted by atomic mass is 16.5. The van der Waals surface area contributed by atoms with Gasteiger partial charge in [0.05, 0.1) is 31.9 Å². The summed E-state index contributed by atoms with van der Waals surface area (Å²) >= 11 is 0. The summed E-state index contributed by atoms with van der Waals surface area (Å²) in [6, 6.07) is 0. The Kier molecular flexibility index (Phi) is 6.90. The average molecular weight is 288 g/mol. The van der Waals surface area contributed by atoms with E-state index in [1.807, 2.05) is 13.8 Å². The molecule has 0 bridgehead atoms. The summed E-state index contributed by atoms with van der Waals surface area (Å²) in [7, 11) is 1.55. The van der Waals surface area contributed by atoms with Crippen LogP contribution in [0.25, 0.3) is 0 Å². The molecule has 0 saturated carbocycles. The molecule has 0 aromatic heterocycles. The molecule has 0 aromatic carbocycles. The molecule has 1 N–H and O–H groups in total. The predicted molar refractivity (Wildman–Crippen MR) is 72.5 cm³/mol. The van der Waals surface area contributed by atoms with Crippen LogP contribution >= 0.6 is 0 Å². The summed E-state index contributed by atoms with van der Waals surface area (Å²) in [6.45, 7) is 5.70. The van der Waals surface area contributed by atoms with Crippen LogP contribution in [0, 0.1) is 0 Å². The lowest BCUT2D eigenvalue weighted by molar-refractivity contribution is -0.146. The lowest BCUT2D eigenvalue weighted by Crippen LogP contribution is -2.51. The first-order chi connectivity index (χ1) is 9.42. The van der Waals surface area contributed by atoms with Crippen molar-refractivity contribution in [2.75, 3.05) is 46.4 Å². The Hall–Kier alpha value is -1.18. The SMILES string of the molecule is COCCN(CC(=O)O)CC(=O)N1CC(C)OC(C)C1. The monoisotopic (exact) mass is 288 g/mol. The van der Waals surface area contributed by atoms with Crippen LogP contribution in [0.3, 0.4) is 0 Å². The fourth-order valence-electron chi connectivity index (χ4n) is 2.30. The highest BCUT2D eigenvalue weighted by molar-refractivity contribution is 5.79. The fraction of sp³-hybridized carbons (Fsp3) is 0.846. The maximum Gasteiger partial charge on any atom is 0.317 e. The third kappa shape index (κ3) is 5.85. The minimum Gasteiger partial charge on any atom is -0.480 e. The Morgan fingerprint density at radius 3 is 2.40 bits per heavy atom. The van der Waals surface area contributed by atoms with E-state index in [0.29, 0.717) is 26.2 Å². The number of carboxylic acids is 1. The molecule has 0 aromatic rings. The first-order valence-corrected chi connectivity index (χ1v) is 6.78. The molecule has 1 aliphatic rings. The third-order valence-electron chi connectivity index (χ3n) is 3.10. The topological polar surface area (TPSA) is 79.3 Å². The maximum atomic E-state index is 12.2. The van der Waals surface area contributed by atoms with E-state index < -0.39 is 5.97 Å². The number of carbonyl (C=O) groups excluding carboxylic acids is 1. The van der Waals surface area contributed by atoms with Crippen molar-refractivity contribution in [2.24, 2.45) is 0 Å². The molecule has 0 radical (unpaired) electrons. The minimum absolute atomic E-state index is 0.00889. The molecule has 1 fully saturated rings. The van der Waals surface area contributed by atoms with Gasteiger partial charge in [-0.25, -0.2) is 0 Å². The second kappa shape index (κ2) is 8.18. The van der Waals surface area contributed by atoms with E-state index in [2.05, 4.69) is 0 Å². The number of hydrogen-bond acceptors (Lipinski definition) is 5. The van der Waals surface area contributed by atoms with Gasteiger partial charge in [-0.2, -0.15) is 0 Å². The normalized spacial score (nSPS) is 23.1. The molecular weight excluding hydrogens is 264 g/mol. The second-order valence-corrected chi connectivity index (χ2v) is 5.15. The Bertz CT molecular complexity index is 327. The van der Waals surface area contributed by atoms with Crippen LogP contribution < -0.4 is 0 Å². The molecule has 7 nitrogen and oxygen atoms in total. The van der Waals surface area contributed by atoms with Gasteiger partial charge < -0.3 is 19.5 Å². The average Bonchev–Trinajstić information content (AvgIpc) is 2.34. The first kappa shape index (κ1) is 16.9. The van der Waals surface area contributed by atoms with Crippen LogP contribution in [0.15, 0.2) is 0 Å². The molecule has 1 heterocycles. The number of nitrogens with zero attached hydrogens (tertiary/aromatic N) is 2. The number of carboxylic acid groups (broad SMARTS) is 1. The quantitative estimate of drug-likeness (QED) is 0.690. The molecule has 1 aliphatic heterocycles. The molecule has 2 unspecified atom stereocenters. The fourth-order valence-corrected chi connectivity index (χ4v) is 2.30. The largest absolute Gasteiger partial charge is 0.480 e. The van der Waals surface area contributed by atoms with Crippen LogP contribution in [0.4, 0.5) is 0 Å². The summed E-state index contributed by atoms with van der Waals surface area (Å²) in [4.78, 5) is 26.4. The molecule has 116 valence electrons. The standard InChI is InChI=1S/C13H24N2O5/c1-10-6-15(7-11(2)20-10)12(16)8-14(4-5-19-3)9-13(17)18/h10-11H,4-9H2,1-3H3,(H,17,18). The molecule has 1 amide bonds. The number of rotatable bonds is 7. The van der Waals surface area contributed by atoms with Crippen LogP contribution in [-0.2, 0) is 19.1 Å². The molecule has 0 aliphatic carbocycles.